The van der Waals surface area contributed by atoms with Crippen molar-refractivity contribution in [3.8, 4) is 0 Å². The third kappa shape index (κ3) is 9.23. The molecule has 0 spiro atoms. The Labute approximate surface area is 245 Å². The molecular weight excluding hydrogens is 552 g/mol. The number of thioether (sulfide) groups is 1. The van der Waals surface area contributed by atoms with Crippen molar-refractivity contribution in [2.24, 2.45) is 17.8 Å². The number of rotatable bonds is 19. The van der Waals surface area contributed by atoms with Gasteiger partial charge in [0.1, 0.15) is 10.0 Å². The highest BCUT2D eigenvalue weighted by Crippen LogP contribution is 2.33. The quantitative estimate of drug-likeness (QED) is 0.130. The van der Waals surface area contributed by atoms with Crippen molar-refractivity contribution in [3.63, 3.8) is 0 Å². The molecule has 0 fully saturated rings. The molecule has 1 N–H and O–H groups in total. The van der Waals surface area contributed by atoms with Crippen LogP contribution in [0.1, 0.15) is 111 Å². The molecule has 0 aliphatic heterocycles. The number of sulfonamides is 1. The van der Waals surface area contributed by atoms with Crippen LogP contribution in [0.3, 0.4) is 0 Å². The summed E-state index contributed by atoms with van der Waals surface area (Å²) in [5, 5.41) is 0.523. The fourth-order valence-corrected chi connectivity index (χ4v) is 8.27. The molecular formula is C29H51ClN4O3S2. The summed E-state index contributed by atoms with van der Waals surface area (Å²) in [7, 11) is -3.97. The predicted octanol–water partition coefficient (Wildman–Crippen LogP) is 7.94. The Hall–Kier alpha value is -1.03. The molecule has 10 heteroatoms. The average Bonchev–Trinajstić information content (AvgIpc) is 3.14. The summed E-state index contributed by atoms with van der Waals surface area (Å²) in [6.07, 6.45) is 10.4. The van der Waals surface area contributed by atoms with Gasteiger partial charge in [0, 0.05) is 24.4 Å². The second kappa shape index (κ2) is 16.4. The number of hydrogen-bond donors (Lipinski definition) is 1. The van der Waals surface area contributed by atoms with E-state index >= 15 is 0 Å². The van der Waals surface area contributed by atoms with Crippen molar-refractivity contribution in [1.82, 2.24) is 18.7 Å². The topological polar surface area (TPSA) is 87.5 Å². The maximum absolute atomic E-state index is 14.5. The van der Waals surface area contributed by atoms with E-state index in [0.717, 1.165) is 70.0 Å². The van der Waals surface area contributed by atoms with Crippen molar-refractivity contribution in [3.05, 3.63) is 21.2 Å². The number of nitrogens with one attached hydrogen (secondary N) is 1. The number of aromatic amines is 1. The molecule has 7 nitrogen and oxygen atoms in total. The van der Waals surface area contributed by atoms with E-state index in [-0.39, 0.29) is 27.5 Å². The summed E-state index contributed by atoms with van der Waals surface area (Å²) < 4.78 is 31.9. The lowest BCUT2D eigenvalue weighted by Crippen LogP contribution is -2.39. The minimum Gasteiger partial charge on any atom is -0.286 e. The van der Waals surface area contributed by atoms with Crippen LogP contribution in [0.4, 0.5) is 0 Å². The van der Waals surface area contributed by atoms with Crippen molar-refractivity contribution < 1.29 is 8.42 Å². The van der Waals surface area contributed by atoms with E-state index in [1.54, 1.807) is 11.2 Å². The molecule has 2 heterocycles. The number of nitrogens with zero attached hydrogens (tertiary/aromatic N) is 3. The van der Waals surface area contributed by atoms with Crippen LogP contribution in [0.15, 0.2) is 14.8 Å². The number of H-pyrrole nitrogens is 1. The van der Waals surface area contributed by atoms with Gasteiger partial charge in [-0.05, 0) is 43.9 Å². The summed E-state index contributed by atoms with van der Waals surface area (Å²) in [6, 6.07) is 0. The van der Waals surface area contributed by atoms with Gasteiger partial charge in [-0.3, -0.25) is 4.98 Å². The van der Waals surface area contributed by atoms with E-state index in [0.29, 0.717) is 29.7 Å². The van der Waals surface area contributed by atoms with Crippen LogP contribution >= 0.6 is 23.4 Å². The molecule has 2 atom stereocenters. The first-order chi connectivity index (χ1) is 18.5. The van der Waals surface area contributed by atoms with Gasteiger partial charge < -0.3 is 0 Å². The number of aromatic nitrogens is 3. The van der Waals surface area contributed by atoms with Crippen molar-refractivity contribution in [1.29, 1.82) is 0 Å². The van der Waals surface area contributed by atoms with Crippen molar-refractivity contribution >= 4 is 39.0 Å². The fraction of sp³-hybridized carbons (Fsp3) is 0.793. The van der Waals surface area contributed by atoms with E-state index in [2.05, 4.69) is 51.5 Å². The van der Waals surface area contributed by atoms with E-state index in [1.807, 2.05) is 0 Å². The molecule has 0 saturated carbocycles. The minimum atomic E-state index is -3.97. The fourth-order valence-electron chi connectivity index (χ4n) is 4.95. The molecule has 224 valence electrons. The molecule has 0 saturated heterocycles. The van der Waals surface area contributed by atoms with Crippen molar-refractivity contribution in [2.45, 2.75) is 123 Å². The summed E-state index contributed by atoms with van der Waals surface area (Å²) >= 11 is 8.03. The number of hydrogen-bond acceptors (Lipinski definition) is 5. The molecule has 0 amide bonds. The highest BCUT2D eigenvalue weighted by atomic mass is 35.5. The largest absolute Gasteiger partial charge is 0.334 e. The van der Waals surface area contributed by atoms with Gasteiger partial charge >= 0.3 is 5.69 Å². The Bertz CT molecular complexity index is 1190. The van der Waals surface area contributed by atoms with Gasteiger partial charge in [-0.2, -0.15) is 4.31 Å². The van der Waals surface area contributed by atoms with E-state index in [4.69, 9.17) is 11.6 Å². The van der Waals surface area contributed by atoms with Crippen LogP contribution in [0.5, 0.6) is 0 Å². The molecule has 0 radical (unpaired) electrons. The van der Waals surface area contributed by atoms with Crippen LogP contribution in [0, 0.1) is 24.7 Å². The molecule has 39 heavy (non-hydrogen) atoms. The Balaban J connectivity index is 2.59. The predicted molar refractivity (Wildman–Crippen MR) is 166 cm³/mol. The van der Waals surface area contributed by atoms with Gasteiger partial charge in [-0.15, -0.1) is 0 Å². The third-order valence-corrected chi connectivity index (χ3v) is 11.0. The number of halogens is 1. The van der Waals surface area contributed by atoms with Gasteiger partial charge in [0.05, 0.1) is 0 Å². The maximum Gasteiger partial charge on any atom is 0.334 e. The van der Waals surface area contributed by atoms with Gasteiger partial charge in [0.2, 0.25) is 10.0 Å². The Morgan fingerprint density at radius 3 is 2.10 bits per heavy atom. The second-order valence-electron chi connectivity index (χ2n) is 11.3. The Kier molecular flexibility index (Phi) is 14.4. The molecule has 0 bridgehead atoms. The average molecular weight is 603 g/mol. The number of unbranched alkanes of at least 4 members (excludes halogenated alkanes) is 3. The highest BCUT2D eigenvalue weighted by molar-refractivity contribution is 7.99. The molecule has 0 aliphatic carbocycles. The van der Waals surface area contributed by atoms with Gasteiger partial charge in [-0.1, -0.05) is 110 Å². The van der Waals surface area contributed by atoms with Crippen molar-refractivity contribution in [2.75, 3.05) is 18.8 Å². The number of fused-ring (bicyclic) bond motifs is 1. The summed E-state index contributed by atoms with van der Waals surface area (Å²) in [6.45, 7) is 15.5. The highest BCUT2D eigenvalue weighted by Gasteiger charge is 2.35. The zero-order valence-electron chi connectivity index (χ0n) is 25.2. The Morgan fingerprint density at radius 1 is 0.974 bits per heavy atom. The molecule has 0 aromatic carbocycles. The first kappa shape index (κ1) is 34.2. The lowest BCUT2D eigenvalue weighted by molar-refractivity contribution is 0.269. The van der Waals surface area contributed by atoms with E-state index in [1.165, 1.54) is 16.2 Å². The molecule has 2 aromatic rings. The summed E-state index contributed by atoms with van der Waals surface area (Å²) in [4.78, 5) is 20.6. The van der Waals surface area contributed by atoms with E-state index < -0.39 is 15.7 Å². The Morgan fingerprint density at radius 2 is 1.56 bits per heavy atom. The van der Waals surface area contributed by atoms with Crippen LogP contribution in [0.25, 0.3) is 5.65 Å². The zero-order valence-corrected chi connectivity index (χ0v) is 27.6. The van der Waals surface area contributed by atoms with Gasteiger partial charge in [0.25, 0.3) is 0 Å². The van der Waals surface area contributed by atoms with Gasteiger partial charge in [0.15, 0.2) is 10.8 Å². The van der Waals surface area contributed by atoms with Crippen LogP contribution < -0.4 is 5.69 Å². The third-order valence-electron chi connectivity index (χ3n) is 7.68. The van der Waals surface area contributed by atoms with Gasteiger partial charge in [-0.25, -0.2) is 22.6 Å². The van der Waals surface area contributed by atoms with Crippen LogP contribution in [-0.2, 0) is 10.0 Å². The maximum atomic E-state index is 14.5. The molecule has 0 aliphatic rings. The van der Waals surface area contributed by atoms with Crippen LogP contribution in [0.2, 0.25) is 5.15 Å². The monoisotopic (exact) mass is 602 g/mol. The summed E-state index contributed by atoms with van der Waals surface area (Å²) in [5.74, 6) is 1.85. The first-order valence-electron chi connectivity index (χ1n) is 14.9. The minimum absolute atomic E-state index is 0.0677. The van der Waals surface area contributed by atoms with E-state index in [9.17, 15) is 13.2 Å². The van der Waals surface area contributed by atoms with Crippen LogP contribution in [-0.4, -0.2) is 45.9 Å². The smallest absolute Gasteiger partial charge is 0.286 e. The molecule has 2 aromatic heterocycles. The lowest BCUT2D eigenvalue weighted by Gasteiger charge is -2.30. The molecule has 2 unspecified atom stereocenters. The second-order valence-corrected chi connectivity index (χ2v) is 14.6. The lowest BCUT2D eigenvalue weighted by atomic mass is 9.96. The SMILES string of the molecule is CCCCCC(CC)CN(CC(CC)CCCC)S(=O)(=O)c1c(C)c(Cl)n2c(=O)[nH]c(SCCC(C)C)nc12. The first-order valence-corrected chi connectivity index (χ1v) is 17.8. The normalized spacial score (nSPS) is 14.1. The summed E-state index contributed by atoms with van der Waals surface area (Å²) in [5.41, 5.74) is 0.0390. The molecule has 2 rings (SSSR count). The standard InChI is InChI=1S/C29H51ClN4O3S2/c1-8-12-14-16-24(11-4)20-33(19-23(10-3)15-13-9-2)39(36,37)25-22(7)26(30)34-27(25)31-28(32-29(34)35)38-18-17-21(5)6/h21,23-24H,8-20H2,1-7H3,(H,31,32,35). The zero-order chi connectivity index (χ0) is 29.2.